The summed E-state index contributed by atoms with van der Waals surface area (Å²) in [6.07, 6.45) is 5.78. The van der Waals surface area contributed by atoms with Crippen LogP contribution in [-0.2, 0) is 9.47 Å². The van der Waals surface area contributed by atoms with Gasteiger partial charge in [0.25, 0.3) is 0 Å². The first kappa shape index (κ1) is 17.8. The van der Waals surface area contributed by atoms with Crippen LogP contribution in [0.15, 0.2) is 59.0 Å². The number of hydrogen-bond donors (Lipinski definition) is 0. The van der Waals surface area contributed by atoms with Crippen molar-refractivity contribution >= 4 is 8.17 Å². The Balaban J connectivity index is 2.10. The SMILES string of the molecule is COC1(OC(C)(C)C)C=CC=C(/N=[P+](\[O-])Oc2ccccc2)C1. The normalized spacial score (nSPS) is 22.0. The van der Waals surface area contributed by atoms with Gasteiger partial charge in [-0.3, -0.25) is 4.52 Å². The molecule has 1 aliphatic carbocycles. The van der Waals surface area contributed by atoms with Crippen LogP contribution >= 0.6 is 8.17 Å². The third kappa shape index (κ3) is 5.56. The predicted octanol–water partition coefficient (Wildman–Crippen LogP) is 3.92. The lowest BCUT2D eigenvalue weighted by Crippen LogP contribution is -2.41. The quantitative estimate of drug-likeness (QED) is 0.604. The fourth-order valence-corrected chi connectivity index (χ4v) is 2.90. The first-order valence-corrected chi connectivity index (χ1v) is 8.51. The molecule has 2 atom stereocenters. The van der Waals surface area contributed by atoms with Crippen molar-refractivity contribution in [3.05, 3.63) is 54.3 Å². The highest BCUT2D eigenvalue weighted by molar-refractivity contribution is 7.34. The molecule has 2 rings (SSSR count). The van der Waals surface area contributed by atoms with Gasteiger partial charge in [-0.2, -0.15) is 0 Å². The van der Waals surface area contributed by atoms with Crippen LogP contribution in [-0.4, -0.2) is 18.5 Å². The van der Waals surface area contributed by atoms with Crippen molar-refractivity contribution in [1.82, 2.24) is 0 Å². The Kier molecular flexibility index (Phi) is 5.71. The predicted molar refractivity (Wildman–Crippen MR) is 88.8 cm³/mol. The minimum absolute atomic E-state index is 0.372. The van der Waals surface area contributed by atoms with Crippen LogP contribution in [0.25, 0.3) is 0 Å². The van der Waals surface area contributed by atoms with Crippen LogP contribution in [0.1, 0.15) is 27.2 Å². The number of allylic oxidation sites excluding steroid dienone is 2. The van der Waals surface area contributed by atoms with Crippen molar-refractivity contribution in [3.8, 4) is 5.75 Å². The van der Waals surface area contributed by atoms with Gasteiger partial charge in [0, 0.05) is 7.11 Å². The highest BCUT2D eigenvalue weighted by Gasteiger charge is 2.36. The first-order chi connectivity index (χ1) is 10.8. The van der Waals surface area contributed by atoms with E-state index in [1.165, 1.54) is 0 Å². The molecule has 23 heavy (non-hydrogen) atoms. The molecule has 0 fully saturated rings. The van der Waals surface area contributed by atoms with Crippen LogP contribution in [0.5, 0.6) is 5.75 Å². The Bertz CT molecular complexity index is 619. The standard InChI is InChI=1S/C17H22NO4P/c1-16(2,3)22-17(20-4)12-8-9-14(13-17)18-23(19)21-15-10-6-5-7-11-15/h5-12H,13H2,1-4H3. The number of rotatable bonds is 5. The fourth-order valence-electron chi connectivity index (χ4n) is 2.21. The summed E-state index contributed by atoms with van der Waals surface area (Å²) in [7, 11) is -0.615. The zero-order valence-electron chi connectivity index (χ0n) is 13.9. The molecule has 0 bridgehead atoms. The van der Waals surface area contributed by atoms with Gasteiger partial charge in [0.2, 0.25) is 0 Å². The van der Waals surface area contributed by atoms with Crippen molar-refractivity contribution in [2.75, 3.05) is 7.11 Å². The van der Waals surface area contributed by atoms with Crippen LogP contribution in [0.3, 0.4) is 0 Å². The summed E-state index contributed by atoms with van der Waals surface area (Å²) in [6.45, 7) is 5.86. The van der Waals surface area contributed by atoms with Crippen molar-refractivity contribution in [3.63, 3.8) is 0 Å². The zero-order chi connectivity index (χ0) is 16.9. The lowest BCUT2D eigenvalue weighted by Gasteiger charge is -2.36. The molecule has 1 aromatic carbocycles. The molecule has 6 heteroatoms. The summed E-state index contributed by atoms with van der Waals surface area (Å²) < 4.78 is 21.0. The third-order valence-electron chi connectivity index (χ3n) is 3.03. The Morgan fingerprint density at radius 1 is 1.22 bits per heavy atom. The lowest BCUT2D eigenvalue weighted by atomic mass is 10.0. The van der Waals surface area contributed by atoms with E-state index in [9.17, 15) is 4.89 Å². The molecule has 0 heterocycles. The smallest absolute Gasteiger partial charge is 0.399 e. The van der Waals surface area contributed by atoms with E-state index in [0.717, 1.165) is 0 Å². The monoisotopic (exact) mass is 335 g/mol. The molecule has 0 amide bonds. The second-order valence-corrected chi connectivity index (χ2v) is 7.02. The van der Waals surface area contributed by atoms with E-state index in [1.54, 1.807) is 31.4 Å². The molecule has 0 aliphatic heterocycles. The molecule has 0 saturated carbocycles. The van der Waals surface area contributed by atoms with Gasteiger partial charge in [0.05, 0.1) is 17.7 Å². The molecule has 124 valence electrons. The Morgan fingerprint density at radius 3 is 2.52 bits per heavy atom. The molecule has 2 unspecified atom stereocenters. The van der Waals surface area contributed by atoms with E-state index in [1.807, 2.05) is 45.0 Å². The largest absolute Gasteiger partial charge is 0.575 e. The van der Waals surface area contributed by atoms with E-state index in [-0.39, 0.29) is 5.60 Å². The van der Waals surface area contributed by atoms with Gasteiger partial charge < -0.3 is 14.4 Å². The van der Waals surface area contributed by atoms with Crippen LogP contribution < -0.4 is 9.42 Å². The molecular formula is C17H22NO4P. The van der Waals surface area contributed by atoms with Gasteiger partial charge in [-0.15, -0.1) is 0 Å². The summed E-state index contributed by atoms with van der Waals surface area (Å²) in [6, 6.07) is 8.96. The average Bonchev–Trinajstić information content (AvgIpc) is 2.46. The van der Waals surface area contributed by atoms with Crippen molar-refractivity contribution < 1.29 is 18.9 Å². The number of methoxy groups -OCH3 is 1. The molecule has 0 aromatic heterocycles. The number of benzene rings is 1. The summed E-state index contributed by atoms with van der Waals surface area (Å²) in [5.41, 5.74) is 0.224. The highest BCUT2D eigenvalue weighted by atomic mass is 31.1. The molecule has 0 radical (unpaired) electrons. The maximum absolute atomic E-state index is 12.1. The third-order valence-corrected chi connectivity index (χ3v) is 3.81. The maximum Gasteiger partial charge on any atom is 0.399 e. The zero-order valence-corrected chi connectivity index (χ0v) is 14.7. The van der Waals surface area contributed by atoms with Crippen molar-refractivity contribution in [1.29, 1.82) is 0 Å². The minimum atomic E-state index is -2.20. The Hall–Kier alpha value is -1.52. The van der Waals surface area contributed by atoms with Gasteiger partial charge >= 0.3 is 8.17 Å². The first-order valence-electron chi connectivity index (χ1n) is 7.38. The number of hydrogen-bond acceptors (Lipinski definition) is 5. The number of para-hydroxylation sites is 1. The van der Waals surface area contributed by atoms with Crippen LogP contribution in [0, 0.1) is 0 Å². The summed E-state index contributed by atoms with van der Waals surface area (Å²) in [5.74, 6) is -0.386. The topological polar surface area (TPSA) is 63.1 Å². The van der Waals surface area contributed by atoms with E-state index in [4.69, 9.17) is 14.0 Å². The molecule has 0 saturated heterocycles. The van der Waals surface area contributed by atoms with Gasteiger partial charge in [0.1, 0.15) is 0 Å². The van der Waals surface area contributed by atoms with Crippen molar-refractivity contribution in [2.45, 2.75) is 38.6 Å². The summed E-state index contributed by atoms with van der Waals surface area (Å²) in [4.78, 5) is 12.1. The van der Waals surface area contributed by atoms with E-state index >= 15 is 0 Å². The van der Waals surface area contributed by atoms with Gasteiger partial charge in [0.15, 0.2) is 11.5 Å². The van der Waals surface area contributed by atoms with Gasteiger partial charge in [-0.05, 0) is 49.8 Å². The average molecular weight is 335 g/mol. The lowest BCUT2D eigenvalue weighted by molar-refractivity contribution is -0.237. The fraction of sp³-hybridized carbons (Fsp3) is 0.412. The Labute approximate surface area is 138 Å². The number of nitrogens with zero attached hydrogens (tertiary/aromatic N) is 1. The molecule has 1 aromatic rings. The van der Waals surface area contributed by atoms with E-state index in [0.29, 0.717) is 17.9 Å². The number of ether oxygens (including phenoxy) is 2. The molecule has 0 N–H and O–H groups in total. The summed E-state index contributed by atoms with van der Waals surface area (Å²) >= 11 is 0. The van der Waals surface area contributed by atoms with Gasteiger partial charge in [-0.1, -0.05) is 24.3 Å². The van der Waals surface area contributed by atoms with Crippen LogP contribution in [0.2, 0.25) is 0 Å². The van der Waals surface area contributed by atoms with Crippen LogP contribution in [0.4, 0.5) is 0 Å². The maximum atomic E-state index is 12.1. The molecule has 0 spiro atoms. The second kappa shape index (κ2) is 7.37. The Morgan fingerprint density at radius 2 is 1.91 bits per heavy atom. The molecule has 1 aliphatic rings. The van der Waals surface area contributed by atoms with Crippen molar-refractivity contribution in [2.24, 2.45) is 4.74 Å². The summed E-state index contributed by atoms with van der Waals surface area (Å²) in [5, 5.41) is 0. The van der Waals surface area contributed by atoms with Gasteiger partial charge in [-0.25, -0.2) is 0 Å². The van der Waals surface area contributed by atoms with E-state index < -0.39 is 14.0 Å². The molecular weight excluding hydrogens is 313 g/mol. The highest BCUT2D eigenvalue weighted by Crippen LogP contribution is 2.35. The second-order valence-electron chi connectivity index (χ2n) is 6.17. The molecule has 5 nitrogen and oxygen atoms in total. The minimum Gasteiger partial charge on any atom is -0.575 e. The van der Waals surface area contributed by atoms with E-state index in [2.05, 4.69) is 4.74 Å².